The van der Waals surface area contributed by atoms with Crippen molar-refractivity contribution in [3.8, 4) is 0 Å². The fraction of sp³-hybridized carbons (Fsp3) is 0.167. The molecule has 1 heterocycles. The van der Waals surface area contributed by atoms with Gasteiger partial charge >= 0.3 is 0 Å². The maximum atomic E-state index is 11.3. The molecule has 1 aromatic heterocycles. The summed E-state index contributed by atoms with van der Waals surface area (Å²) in [4.78, 5) is 13.8. The summed E-state index contributed by atoms with van der Waals surface area (Å²) in [5.74, 6) is 0.217. The minimum Gasteiger partial charge on any atom is -0.288 e. The van der Waals surface area contributed by atoms with Crippen LogP contribution >= 0.6 is 0 Å². The molecule has 0 spiro atoms. The summed E-state index contributed by atoms with van der Waals surface area (Å²) in [6, 6.07) is 7.88. The summed E-state index contributed by atoms with van der Waals surface area (Å²) in [6.45, 7) is 3.60. The summed E-state index contributed by atoms with van der Waals surface area (Å²) in [5.41, 5.74) is 4.78. The number of hydrogen-bond acceptors (Lipinski definition) is 5. The Morgan fingerprint density at radius 1 is 1.33 bits per heavy atom. The van der Waals surface area contributed by atoms with Gasteiger partial charge in [0.25, 0.3) is 5.56 Å². The van der Waals surface area contributed by atoms with Crippen molar-refractivity contribution in [2.45, 2.75) is 13.8 Å². The van der Waals surface area contributed by atoms with Crippen LogP contribution in [0.2, 0.25) is 0 Å². The average molecular weight is 243 g/mol. The lowest BCUT2D eigenvalue weighted by molar-refractivity contribution is 0.897. The second-order valence-corrected chi connectivity index (χ2v) is 3.87. The molecule has 2 N–H and O–H groups in total. The highest BCUT2D eigenvalue weighted by Crippen LogP contribution is 2.01. The van der Waals surface area contributed by atoms with Gasteiger partial charge in [-0.1, -0.05) is 29.8 Å². The SMILES string of the molecule is Cc1cccc(/C=N/Nc2nnc(C)c(=O)[nH]2)c1. The molecule has 2 aromatic rings. The predicted molar refractivity (Wildman–Crippen MR) is 69.8 cm³/mol. The van der Waals surface area contributed by atoms with Crippen molar-refractivity contribution in [2.75, 3.05) is 5.43 Å². The Labute approximate surface area is 104 Å². The number of benzene rings is 1. The zero-order chi connectivity index (χ0) is 13.0. The van der Waals surface area contributed by atoms with Gasteiger partial charge in [-0.25, -0.2) is 5.43 Å². The van der Waals surface area contributed by atoms with E-state index in [0.717, 1.165) is 11.1 Å². The third-order valence-corrected chi connectivity index (χ3v) is 2.29. The number of aromatic amines is 1. The molecule has 0 radical (unpaired) electrons. The maximum Gasteiger partial charge on any atom is 0.274 e. The van der Waals surface area contributed by atoms with Gasteiger partial charge in [-0.3, -0.25) is 9.78 Å². The molecule has 18 heavy (non-hydrogen) atoms. The zero-order valence-electron chi connectivity index (χ0n) is 10.1. The molecule has 0 saturated heterocycles. The van der Waals surface area contributed by atoms with Crippen LogP contribution in [0.5, 0.6) is 0 Å². The van der Waals surface area contributed by atoms with E-state index in [9.17, 15) is 4.79 Å². The Balaban J connectivity index is 2.07. The lowest BCUT2D eigenvalue weighted by Crippen LogP contribution is -2.15. The molecule has 0 aliphatic carbocycles. The molecule has 0 amide bonds. The van der Waals surface area contributed by atoms with Crippen LogP contribution in [0.15, 0.2) is 34.2 Å². The third kappa shape index (κ3) is 3.00. The smallest absolute Gasteiger partial charge is 0.274 e. The van der Waals surface area contributed by atoms with E-state index < -0.39 is 0 Å². The molecule has 0 aliphatic rings. The lowest BCUT2D eigenvalue weighted by Gasteiger charge is -1.98. The van der Waals surface area contributed by atoms with Crippen LogP contribution < -0.4 is 11.0 Å². The summed E-state index contributed by atoms with van der Waals surface area (Å²) in [7, 11) is 0. The fourth-order valence-electron chi connectivity index (χ4n) is 1.36. The van der Waals surface area contributed by atoms with Crippen LogP contribution in [0, 0.1) is 13.8 Å². The van der Waals surface area contributed by atoms with Crippen LogP contribution in [0.1, 0.15) is 16.8 Å². The number of aryl methyl sites for hydroxylation is 2. The summed E-state index contributed by atoms with van der Waals surface area (Å²) >= 11 is 0. The highest BCUT2D eigenvalue weighted by molar-refractivity contribution is 5.80. The molecule has 6 heteroatoms. The number of H-pyrrole nitrogens is 1. The molecule has 92 valence electrons. The molecule has 0 fully saturated rings. The average Bonchev–Trinajstić information content (AvgIpc) is 2.34. The predicted octanol–water partition coefficient (Wildman–Crippen LogP) is 1.23. The third-order valence-electron chi connectivity index (χ3n) is 2.29. The molecule has 2 rings (SSSR count). The molecule has 0 bridgehead atoms. The molecule has 0 unspecified atom stereocenters. The number of nitrogens with zero attached hydrogens (tertiary/aromatic N) is 3. The van der Waals surface area contributed by atoms with Gasteiger partial charge in [0, 0.05) is 0 Å². The Hall–Kier alpha value is -2.50. The van der Waals surface area contributed by atoms with Crippen molar-refractivity contribution in [3.63, 3.8) is 0 Å². The van der Waals surface area contributed by atoms with Gasteiger partial charge in [-0.15, -0.1) is 10.2 Å². The first kappa shape index (κ1) is 12.0. The number of hydrazone groups is 1. The van der Waals surface area contributed by atoms with E-state index in [1.165, 1.54) is 0 Å². The molecule has 0 aliphatic heterocycles. The second-order valence-electron chi connectivity index (χ2n) is 3.87. The minimum absolute atomic E-state index is 0.217. The molecule has 1 aromatic carbocycles. The van der Waals surface area contributed by atoms with Crippen molar-refractivity contribution in [1.82, 2.24) is 15.2 Å². The van der Waals surface area contributed by atoms with Crippen molar-refractivity contribution < 1.29 is 0 Å². The fourth-order valence-corrected chi connectivity index (χ4v) is 1.36. The van der Waals surface area contributed by atoms with E-state index >= 15 is 0 Å². The molecule has 0 atom stereocenters. The summed E-state index contributed by atoms with van der Waals surface area (Å²) < 4.78 is 0. The quantitative estimate of drug-likeness (QED) is 0.627. The maximum absolute atomic E-state index is 11.3. The first-order valence-electron chi connectivity index (χ1n) is 5.44. The number of hydrogen-bond donors (Lipinski definition) is 2. The number of aromatic nitrogens is 3. The largest absolute Gasteiger partial charge is 0.288 e. The second kappa shape index (κ2) is 5.22. The van der Waals surface area contributed by atoms with Gasteiger partial charge < -0.3 is 0 Å². The number of rotatable bonds is 3. The van der Waals surface area contributed by atoms with Crippen LogP contribution in [0.4, 0.5) is 5.95 Å². The highest BCUT2D eigenvalue weighted by Gasteiger charge is 1.97. The van der Waals surface area contributed by atoms with E-state index in [4.69, 9.17) is 0 Å². The van der Waals surface area contributed by atoms with Gasteiger partial charge in [-0.2, -0.15) is 5.10 Å². The Kier molecular flexibility index (Phi) is 3.47. The van der Waals surface area contributed by atoms with Crippen LogP contribution in [0.25, 0.3) is 0 Å². The van der Waals surface area contributed by atoms with Crippen molar-refractivity contribution in [2.24, 2.45) is 5.10 Å². The summed E-state index contributed by atoms with van der Waals surface area (Å²) in [5, 5.41) is 11.4. The first-order chi connectivity index (χ1) is 8.65. The van der Waals surface area contributed by atoms with Crippen LogP contribution in [-0.2, 0) is 0 Å². The monoisotopic (exact) mass is 243 g/mol. The normalized spacial score (nSPS) is 10.8. The van der Waals surface area contributed by atoms with Gasteiger partial charge in [-0.05, 0) is 19.4 Å². The zero-order valence-corrected chi connectivity index (χ0v) is 10.1. The van der Waals surface area contributed by atoms with E-state index in [-0.39, 0.29) is 11.5 Å². The standard InChI is InChI=1S/C12H13N5O/c1-8-4-3-5-10(6-8)7-13-16-12-14-11(18)9(2)15-17-12/h3-7H,1-2H3,(H2,14,16,17,18)/b13-7+. The van der Waals surface area contributed by atoms with E-state index in [1.54, 1.807) is 13.1 Å². The first-order valence-corrected chi connectivity index (χ1v) is 5.44. The Bertz CT molecular complexity index is 632. The van der Waals surface area contributed by atoms with Crippen LogP contribution in [0.3, 0.4) is 0 Å². The van der Waals surface area contributed by atoms with Gasteiger partial charge in [0.1, 0.15) is 5.69 Å². The number of nitrogens with one attached hydrogen (secondary N) is 2. The van der Waals surface area contributed by atoms with E-state index in [2.05, 4.69) is 25.7 Å². The van der Waals surface area contributed by atoms with E-state index in [1.807, 2.05) is 31.2 Å². The van der Waals surface area contributed by atoms with Crippen LogP contribution in [-0.4, -0.2) is 21.4 Å². The van der Waals surface area contributed by atoms with Gasteiger partial charge in [0.05, 0.1) is 6.21 Å². The van der Waals surface area contributed by atoms with Gasteiger partial charge in [0.15, 0.2) is 0 Å². The molecular formula is C12H13N5O. The Morgan fingerprint density at radius 2 is 2.17 bits per heavy atom. The molecule has 0 saturated carbocycles. The topological polar surface area (TPSA) is 83.0 Å². The number of anilines is 1. The minimum atomic E-state index is -0.279. The van der Waals surface area contributed by atoms with E-state index in [0.29, 0.717) is 5.69 Å². The molecule has 6 nitrogen and oxygen atoms in total. The Morgan fingerprint density at radius 3 is 2.89 bits per heavy atom. The van der Waals surface area contributed by atoms with Crippen molar-refractivity contribution in [3.05, 3.63) is 51.4 Å². The molecular weight excluding hydrogens is 230 g/mol. The highest BCUT2D eigenvalue weighted by atomic mass is 16.1. The lowest BCUT2D eigenvalue weighted by atomic mass is 10.2. The van der Waals surface area contributed by atoms with Crippen molar-refractivity contribution in [1.29, 1.82) is 0 Å². The summed E-state index contributed by atoms with van der Waals surface area (Å²) in [6.07, 6.45) is 1.65. The van der Waals surface area contributed by atoms with Crippen molar-refractivity contribution >= 4 is 12.2 Å². The van der Waals surface area contributed by atoms with Gasteiger partial charge in [0.2, 0.25) is 5.95 Å².